The topological polar surface area (TPSA) is 29.1 Å². The third kappa shape index (κ3) is 2.18. The van der Waals surface area contributed by atoms with E-state index in [0.29, 0.717) is 0 Å². The molecule has 0 atom stereocenters. The highest BCUT2D eigenvalue weighted by Crippen LogP contribution is 2.22. The monoisotopic (exact) mass is 195 g/mol. The molecule has 0 aliphatic rings. The highest BCUT2D eigenvalue weighted by Gasteiger charge is 2.08. The van der Waals surface area contributed by atoms with Gasteiger partial charge in [0, 0.05) is 11.9 Å². The fraction of sp³-hybridized carbons (Fsp3) is 0.300. The van der Waals surface area contributed by atoms with Gasteiger partial charge in [-0.15, -0.1) is 11.3 Å². The van der Waals surface area contributed by atoms with Gasteiger partial charge in [0.1, 0.15) is 0 Å². The van der Waals surface area contributed by atoms with Crippen molar-refractivity contribution in [2.45, 2.75) is 13.8 Å². The Morgan fingerprint density at radius 2 is 2.31 bits per heavy atom. The van der Waals surface area contributed by atoms with Crippen molar-refractivity contribution in [2.75, 3.05) is 7.05 Å². The number of carbonyl (C=O) groups is 1. The molecule has 0 spiro atoms. The van der Waals surface area contributed by atoms with Crippen LogP contribution in [-0.2, 0) is 0 Å². The average molecular weight is 195 g/mol. The van der Waals surface area contributed by atoms with E-state index in [1.807, 2.05) is 32.1 Å². The van der Waals surface area contributed by atoms with Crippen molar-refractivity contribution < 1.29 is 4.79 Å². The number of allylic oxidation sites excluding steroid dienone is 1. The molecule has 1 aromatic heterocycles. The van der Waals surface area contributed by atoms with E-state index in [4.69, 9.17) is 0 Å². The van der Waals surface area contributed by atoms with Gasteiger partial charge in [-0.25, -0.2) is 0 Å². The summed E-state index contributed by atoms with van der Waals surface area (Å²) in [5.74, 6) is -0.0103. The summed E-state index contributed by atoms with van der Waals surface area (Å²) in [7, 11) is 1.65. The predicted octanol–water partition coefficient (Wildman–Crippen LogP) is 2.45. The van der Waals surface area contributed by atoms with E-state index >= 15 is 0 Å². The quantitative estimate of drug-likeness (QED) is 0.771. The minimum absolute atomic E-state index is 0.0103. The minimum Gasteiger partial charge on any atom is -0.354 e. The lowest BCUT2D eigenvalue weighted by molar-refractivity contribution is 0.0967. The summed E-state index contributed by atoms with van der Waals surface area (Å²) in [6.45, 7) is 3.98. The minimum atomic E-state index is -0.0103. The van der Waals surface area contributed by atoms with Crippen molar-refractivity contribution >= 4 is 23.3 Å². The molecule has 70 valence electrons. The Morgan fingerprint density at radius 1 is 1.62 bits per heavy atom. The maximum absolute atomic E-state index is 11.3. The standard InChI is InChI=1S/C10H13NOS/c1-4-5-8-7(2)6-9(13-8)10(12)11-3/h4-6H,1-3H3,(H,11,12)/b5-4+. The van der Waals surface area contributed by atoms with Gasteiger partial charge in [0.25, 0.3) is 5.91 Å². The molecule has 0 bridgehead atoms. The highest BCUT2D eigenvalue weighted by atomic mass is 32.1. The predicted molar refractivity (Wildman–Crippen MR) is 57.2 cm³/mol. The Balaban J connectivity index is 3.01. The zero-order valence-electron chi connectivity index (χ0n) is 8.05. The molecule has 0 aliphatic heterocycles. The largest absolute Gasteiger partial charge is 0.354 e. The van der Waals surface area contributed by atoms with Crippen LogP contribution in [-0.4, -0.2) is 13.0 Å². The van der Waals surface area contributed by atoms with Gasteiger partial charge in [0.15, 0.2) is 0 Å². The van der Waals surface area contributed by atoms with Crippen LogP contribution in [0.5, 0.6) is 0 Å². The van der Waals surface area contributed by atoms with Crippen molar-refractivity contribution in [3.05, 3.63) is 27.5 Å². The van der Waals surface area contributed by atoms with Crippen LogP contribution in [0.4, 0.5) is 0 Å². The molecule has 1 amide bonds. The van der Waals surface area contributed by atoms with Crippen LogP contribution in [0.3, 0.4) is 0 Å². The van der Waals surface area contributed by atoms with Crippen molar-refractivity contribution in [3.8, 4) is 0 Å². The van der Waals surface area contributed by atoms with Crippen LogP contribution in [0.25, 0.3) is 6.08 Å². The summed E-state index contributed by atoms with van der Waals surface area (Å²) in [5, 5.41) is 2.61. The van der Waals surface area contributed by atoms with Gasteiger partial charge in [-0.1, -0.05) is 6.08 Å². The normalized spacial score (nSPS) is 10.7. The third-order valence-electron chi connectivity index (χ3n) is 1.73. The molecular weight excluding hydrogens is 182 g/mol. The van der Waals surface area contributed by atoms with E-state index in [0.717, 1.165) is 15.3 Å². The van der Waals surface area contributed by atoms with Crippen LogP contribution in [0, 0.1) is 6.92 Å². The molecule has 0 radical (unpaired) electrons. The Kier molecular flexibility index (Phi) is 3.25. The number of hydrogen-bond donors (Lipinski definition) is 1. The Labute approximate surface area is 82.3 Å². The molecule has 2 nitrogen and oxygen atoms in total. The first-order valence-electron chi connectivity index (χ1n) is 4.14. The SMILES string of the molecule is C/C=C/c1sc(C(=O)NC)cc1C. The highest BCUT2D eigenvalue weighted by molar-refractivity contribution is 7.15. The molecule has 0 fully saturated rings. The summed E-state index contributed by atoms with van der Waals surface area (Å²) < 4.78 is 0. The number of nitrogens with one attached hydrogen (secondary N) is 1. The maximum atomic E-state index is 11.3. The number of aryl methyl sites for hydroxylation is 1. The molecule has 1 heterocycles. The van der Waals surface area contributed by atoms with Crippen LogP contribution in [0.15, 0.2) is 12.1 Å². The van der Waals surface area contributed by atoms with Crippen LogP contribution < -0.4 is 5.32 Å². The summed E-state index contributed by atoms with van der Waals surface area (Å²) in [6, 6.07) is 1.92. The Hall–Kier alpha value is -1.09. The molecule has 0 aromatic carbocycles. The number of rotatable bonds is 2. The van der Waals surface area contributed by atoms with Crippen molar-refractivity contribution in [3.63, 3.8) is 0 Å². The molecule has 1 aromatic rings. The second-order valence-corrected chi connectivity index (χ2v) is 3.82. The van der Waals surface area contributed by atoms with E-state index < -0.39 is 0 Å². The van der Waals surface area contributed by atoms with Crippen molar-refractivity contribution in [2.24, 2.45) is 0 Å². The fourth-order valence-corrected chi connectivity index (χ4v) is 2.14. The van der Waals surface area contributed by atoms with Crippen molar-refractivity contribution in [1.82, 2.24) is 5.32 Å². The van der Waals surface area contributed by atoms with Crippen molar-refractivity contribution in [1.29, 1.82) is 0 Å². The van der Waals surface area contributed by atoms with E-state index in [9.17, 15) is 4.79 Å². The third-order valence-corrected chi connectivity index (χ3v) is 2.93. The second kappa shape index (κ2) is 4.23. The first-order chi connectivity index (χ1) is 6.19. The van der Waals surface area contributed by atoms with E-state index in [1.54, 1.807) is 7.05 Å². The summed E-state index contributed by atoms with van der Waals surface area (Å²) in [4.78, 5) is 13.2. The molecule has 13 heavy (non-hydrogen) atoms. The van der Waals surface area contributed by atoms with Gasteiger partial charge < -0.3 is 5.32 Å². The molecule has 1 rings (SSSR count). The molecule has 0 aliphatic carbocycles. The molecule has 0 saturated carbocycles. The number of thiophene rings is 1. The first-order valence-corrected chi connectivity index (χ1v) is 4.96. The smallest absolute Gasteiger partial charge is 0.261 e. The van der Waals surface area contributed by atoms with Crippen LogP contribution in [0.2, 0.25) is 0 Å². The van der Waals surface area contributed by atoms with E-state index in [-0.39, 0.29) is 5.91 Å². The molecule has 0 unspecified atom stereocenters. The van der Waals surface area contributed by atoms with Gasteiger partial charge in [0.2, 0.25) is 0 Å². The van der Waals surface area contributed by atoms with Gasteiger partial charge in [0.05, 0.1) is 4.88 Å². The zero-order chi connectivity index (χ0) is 9.84. The van der Waals surface area contributed by atoms with Gasteiger partial charge in [-0.05, 0) is 31.6 Å². The zero-order valence-corrected chi connectivity index (χ0v) is 8.87. The summed E-state index contributed by atoms with van der Waals surface area (Å²) >= 11 is 1.52. The molecule has 0 saturated heterocycles. The van der Waals surface area contributed by atoms with E-state index in [2.05, 4.69) is 5.32 Å². The molecule has 1 N–H and O–H groups in total. The average Bonchev–Trinajstić information content (AvgIpc) is 2.47. The van der Waals surface area contributed by atoms with Gasteiger partial charge in [-0.3, -0.25) is 4.79 Å². The second-order valence-electron chi connectivity index (χ2n) is 2.74. The summed E-state index contributed by atoms with van der Waals surface area (Å²) in [6.07, 6.45) is 4.00. The number of hydrogen-bond acceptors (Lipinski definition) is 2. The lowest BCUT2D eigenvalue weighted by Gasteiger charge is -1.91. The molecular formula is C10H13NOS. The lowest BCUT2D eigenvalue weighted by atomic mass is 10.2. The van der Waals surface area contributed by atoms with Gasteiger partial charge in [-0.2, -0.15) is 0 Å². The Bertz CT molecular complexity index is 339. The van der Waals surface area contributed by atoms with E-state index in [1.165, 1.54) is 11.3 Å². The number of amides is 1. The fourth-order valence-electron chi connectivity index (χ4n) is 1.05. The molecule has 3 heteroatoms. The summed E-state index contributed by atoms with van der Waals surface area (Å²) in [5.41, 5.74) is 1.15. The van der Waals surface area contributed by atoms with Gasteiger partial charge >= 0.3 is 0 Å². The van der Waals surface area contributed by atoms with Crippen LogP contribution >= 0.6 is 11.3 Å². The first kappa shape index (κ1) is 9.99. The lowest BCUT2D eigenvalue weighted by Crippen LogP contribution is -2.16. The Morgan fingerprint density at radius 3 is 2.85 bits per heavy atom. The number of carbonyl (C=O) groups excluding carboxylic acids is 1. The maximum Gasteiger partial charge on any atom is 0.261 e. The van der Waals surface area contributed by atoms with Crippen LogP contribution in [0.1, 0.15) is 27.0 Å².